The van der Waals surface area contributed by atoms with Crippen molar-refractivity contribution in [2.45, 2.75) is 0 Å². The maximum absolute atomic E-state index is 12.5. The molecule has 0 aliphatic heterocycles. The van der Waals surface area contributed by atoms with Gasteiger partial charge in [-0.15, -0.1) is 0 Å². The Morgan fingerprint density at radius 3 is 2.45 bits per heavy atom. The normalized spacial score (nSPS) is 10.7. The van der Waals surface area contributed by atoms with E-state index in [2.05, 4.69) is 0 Å². The number of rotatable bonds is 2. The van der Waals surface area contributed by atoms with E-state index >= 15 is 0 Å². The summed E-state index contributed by atoms with van der Waals surface area (Å²) in [4.78, 5) is 24.1. The van der Waals surface area contributed by atoms with Crippen molar-refractivity contribution in [3.63, 3.8) is 0 Å². The zero-order valence-corrected chi connectivity index (χ0v) is 11.1. The van der Waals surface area contributed by atoms with Gasteiger partial charge in [0, 0.05) is 27.6 Å². The van der Waals surface area contributed by atoms with Crippen molar-refractivity contribution >= 4 is 28.4 Å². The van der Waals surface area contributed by atoms with Crippen LogP contribution in [0.25, 0.3) is 11.0 Å². The van der Waals surface area contributed by atoms with Crippen molar-refractivity contribution in [3.8, 4) is 0 Å². The summed E-state index contributed by atoms with van der Waals surface area (Å²) >= 11 is 5.81. The van der Waals surface area contributed by atoms with Gasteiger partial charge < -0.3 is 4.42 Å². The average Bonchev–Trinajstić information content (AvgIpc) is 2.46. The summed E-state index contributed by atoms with van der Waals surface area (Å²) in [6, 6.07) is 14.7. The predicted molar refractivity (Wildman–Crippen MR) is 77.4 cm³/mol. The molecule has 0 atom stereocenters. The number of ketones is 1. The highest BCUT2D eigenvalue weighted by atomic mass is 35.5. The van der Waals surface area contributed by atoms with Gasteiger partial charge in [-0.05, 0) is 30.3 Å². The molecule has 1 heterocycles. The first-order valence-electron chi connectivity index (χ1n) is 5.98. The topological polar surface area (TPSA) is 47.3 Å². The van der Waals surface area contributed by atoms with Crippen LogP contribution in [0.4, 0.5) is 0 Å². The predicted octanol–water partition coefficient (Wildman–Crippen LogP) is 3.68. The van der Waals surface area contributed by atoms with Gasteiger partial charge in [0.15, 0.2) is 5.78 Å². The SMILES string of the molecule is O=C(c1ccc(Cl)cc1)c1cc(=O)oc2ccccc12. The molecule has 0 unspecified atom stereocenters. The lowest BCUT2D eigenvalue weighted by Gasteiger charge is -2.04. The van der Waals surface area contributed by atoms with Gasteiger partial charge in [-0.3, -0.25) is 4.79 Å². The Kier molecular flexibility index (Phi) is 3.12. The Bertz CT molecular complexity index is 847. The average molecular weight is 285 g/mol. The van der Waals surface area contributed by atoms with E-state index in [9.17, 15) is 9.59 Å². The van der Waals surface area contributed by atoms with Crippen LogP contribution in [0, 0.1) is 0 Å². The molecular weight excluding hydrogens is 276 g/mol. The molecule has 98 valence electrons. The largest absolute Gasteiger partial charge is 0.423 e. The molecule has 2 aromatic carbocycles. The van der Waals surface area contributed by atoms with E-state index < -0.39 is 5.63 Å². The molecule has 20 heavy (non-hydrogen) atoms. The van der Waals surface area contributed by atoms with Gasteiger partial charge in [-0.25, -0.2) is 4.79 Å². The molecule has 0 aliphatic rings. The van der Waals surface area contributed by atoms with Crippen LogP contribution in [-0.2, 0) is 0 Å². The minimum atomic E-state index is -0.541. The van der Waals surface area contributed by atoms with Crippen LogP contribution in [0.15, 0.2) is 63.8 Å². The second-order valence-electron chi connectivity index (χ2n) is 4.31. The Balaban J connectivity index is 2.21. The van der Waals surface area contributed by atoms with Crippen LogP contribution in [0.5, 0.6) is 0 Å². The molecule has 0 N–H and O–H groups in total. The van der Waals surface area contributed by atoms with E-state index in [0.29, 0.717) is 27.1 Å². The molecular formula is C16H9ClO3. The molecule has 0 saturated heterocycles. The van der Waals surface area contributed by atoms with Crippen molar-refractivity contribution in [1.29, 1.82) is 0 Å². The summed E-state index contributed by atoms with van der Waals surface area (Å²) in [5, 5.41) is 1.17. The van der Waals surface area contributed by atoms with Gasteiger partial charge >= 0.3 is 5.63 Å². The molecule has 3 nitrogen and oxygen atoms in total. The molecule has 0 aliphatic carbocycles. The lowest BCUT2D eigenvalue weighted by atomic mass is 10.0. The van der Waals surface area contributed by atoms with Gasteiger partial charge in [0.2, 0.25) is 0 Å². The molecule has 4 heteroatoms. The number of halogens is 1. The van der Waals surface area contributed by atoms with Crippen molar-refractivity contribution in [1.82, 2.24) is 0 Å². The van der Waals surface area contributed by atoms with E-state index in [1.54, 1.807) is 48.5 Å². The summed E-state index contributed by atoms with van der Waals surface area (Å²) in [6.45, 7) is 0. The van der Waals surface area contributed by atoms with Gasteiger partial charge in [-0.2, -0.15) is 0 Å². The molecule has 0 spiro atoms. The molecule has 1 aromatic heterocycles. The first-order valence-corrected chi connectivity index (χ1v) is 6.36. The van der Waals surface area contributed by atoms with Crippen LogP contribution < -0.4 is 5.63 Å². The smallest absolute Gasteiger partial charge is 0.336 e. The van der Waals surface area contributed by atoms with Crippen molar-refractivity contribution in [2.24, 2.45) is 0 Å². The standard InChI is InChI=1S/C16H9ClO3/c17-11-7-5-10(6-8-11)16(19)13-9-15(18)20-14-4-2-1-3-12(13)14/h1-9H. The summed E-state index contributed by atoms with van der Waals surface area (Å²) in [5.74, 6) is -0.231. The third-order valence-electron chi connectivity index (χ3n) is 3.00. The Labute approximate surface area is 119 Å². The Morgan fingerprint density at radius 1 is 1.00 bits per heavy atom. The maximum Gasteiger partial charge on any atom is 0.336 e. The maximum atomic E-state index is 12.5. The van der Waals surface area contributed by atoms with E-state index in [0.717, 1.165) is 0 Å². The molecule has 0 radical (unpaired) electrons. The van der Waals surface area contributed by atoms with Gasteiger partial charge in [0.25, 0.3) is 0 Å². The number of carbonyl (C=O) groups is 1. The number of benzene rings is 2. The van der Waals surface area contributed by atoms with E-state index in [1.165, 1.54) is 6.07 Å². The highest BCUT2D eigenvalue weighted by Crippen LogP contribution is 2.20. The summed E-state index contributed by atoms with van der Waals surface area (Å²) in [5.41, 5.74) is 0.669. The van der Waals surface area contributed by atoms with E-state index in [4.69, 9.17) is 16.0 Å². The van der Waals surface area contributed by atoms with Crippen LogP contribution >= 0.6 is 11.6 Å². The van der Waals surface area contributed by atoms with Gasteiger partial charge in [-0.1, -0.05) is 29.8 Å². The molecule has 0 saturated carbocycles. The van der Waals surface area contributed by atoms with Gasteiger partial charge in [0.1, 0.15) is 5.58 Å². The first-order chi connectivity index (χ1) is 9.65. The van der Waals surface area contributed by atoms with Crippen molar-refractivity contribution in [2.75, 3.05) is 0 Å². The zero-order chi connectivity index (χ0) is 14.1. The van der Waals surface area contributed by atoms with Crippen LogP contribution in [-0.4, -0.2) is 5.78 Å². The molecule has 0 fully saturated rings. The zero-order valence-electron chi connectivity index (χ0n) is 10.3. The molecule has 3 aromatic rings. The number of para-hydroxylation sites is 1. The third kappa shape index (κ3) is 2.24. The van der Waals surface area contributed by atoms with Crippen LogP contribution in [0.3, 0.4) is 0 Å². The van der Waals surface area contributed by atoms with E-state index in [1.807, 2.05) is 0 Å². The highest BCUT2D eigenvalue weighted by Gasteiger charge is 2.14. The molecule has 3 rings (SSSR count). The van der Waals surface area contributed by atoms with Crippen LogP contribution in [0.2, 0.25) is 5.02 Å². The minimum Gasteiger partial charge on any atom is -0.423 e. The third-order valence-corrected chi connectivity index (χ3v) is 3.25. The quantitative estimate of drug-likeness (QED) is 0.533. The fraction of sp³-hybridized carbons (Fsp3) is 0. The summed E-state index contributed by atoms with van der Waals surface area (Å²) < 4.78 is 5.08. The Morgan fingerprint density at radius 2 is 1.70 bits per heavy atom. The minimum absolute atomic E-state index is 0.231. The first kappa shape index (κ1) is 12.6. The van der Waals surface area contributed by atoms with Crippen molar-refractivity contribution < 1.29 is 9.21 Å². The van der Waals surface area contributed by atoms with E-state index in [-0.39, 0.29) is 5.78 Å². The fourth-order valence-corrected chi connectivity index (χ4v) is 2.18. The molecule has 0 amide bonds. The Hall–Kier alpha value is -2.39. The number of fused-ring (bicyclic) bond motifs is 1. The second-order valence-corrected chi connectivity index (χ2v) is 4.75. The number of hydrogen-bond acceptors (Lipinski definition) is 3. The monoisotopic (exact) mass is 284 g/mol. The lowest BCUT2D eigenvalue weighted by Crippen LogP contribution is -2.07. The van der Waals surface area contributed by atoms with Crippen molar-refractivity contribution in [3.05, 3.63) is 81.2 Å². The lowest BCUT2D eigenvalue weighted by molar-refractivity contribution is 0.103. The summed E-state index contributed by atoms with van der Waals surface area (Å²) in [7, 11) is 0. The molecule has 0 bridgehead atoms. The van der Waals surface area contributed by atoms with Crippen LogP contribution in [0.1, 0.15) is 15.9 Å². The number of hydrogen-bond donors (Lipinski definition) is 0. The summed E-state index contributed by atoms with van der Waals surface area (Å²) in [6.07, 6.45) is 0. The fourth-order valence-electron chi connectivity index (χ4n) is 2.06. The second kappa shape index (κ2) is 4.94. The van der Waals surface area contributed by atoms with Gasteiger partial charge in [0.05, 0.1) is 0 Å². The number of carbonyl (C=O) groups excluding carboxylic acids is 1. The highest BCUT2D eigenvalue weighted by molar-refractivity contribution is 6.30.